The van der Waals surface area contributed by atoms with Gasteiger partial charge in [-0.1, -0.05) is 6.07 Å². The van der Waals surface area contributed by atoms with Crippen LogP contribution < -0.4 is 10.9 Å². The van der Waals surface area contributed by atoms with Gasteiger partial charge in [0, 0.05) is 23.5 Å². The van der Waals surface area contributed by atoms with Gasteiger partial charge in [0.05, 0.1) is 5.69 Å². The third-order valence-electron chi connectivity index (χ3n) is 2.86. The molecule has 0 fully saturated rings. The lowest BCUT2D eigenvalue weighted by atomic mass is 10.2. The molecule has 0 aliphatic heterocycles. The molecule has 3 aromatic rings. The summed E-state index contributed by atoms with van der Waals surface area (Å²) in [6.45, 7) is 0. The first kappa shape index (κ1) is 12.8. The number of rotatable bonds is 3. The molecule has 0 aliphatic rings. The van der Waals surface area contributed by atoms with Crippen molar-refractivity contribution < 1.29 is 4.79 Å². The molecule has 0 saturated carbocycles. The fourth-order valence-electron chi connectivity index (χ4n) is 1.87. The number of benzene rings is 1. The van der Waals surface area contributed by atoms with Gasteiger partial charge in [-0.15, -0.1) is 10.2 Å². The van der Waals surface area contributed by atoms with Crippen LogP contribution in [0.15, 0.2) is 60.0 Å². The Kier molecular flexibility index (Phi) is 3.30. The van der Waals surface area contributed by atoms with Crippen molar-refractivity contribution in [1.29, 1.82) is 0 Å². The van der Waals surface area contributed by atoms with Crippen molar-refractivity contribution in [3.8, 4) is 5.69 Å². The second kappa shape index (κ2) is 5.41. The highest BCUT2D eigenvalue weighted by atomic mass is 16.2. The molecule has 0 aliphatic carbocycles. The Labute approximate surface area is 119 Å². The number of aromatic nitrogens is 4. The summed E-state index contributed by atoms with van der Waals surface area (Å²) in [5, 5.41) is 10.2. The summed E-state index contributed by atoms with van der Waals surface area (Å²) in [6, 6.07) is 10.0. The number of anilines is 1. The number of carbonyl (C=O) groups excluding carboxylic acids is 1. The molecule has 21 heavy (non-hydrogen) atoms. The van der Waals surface area contributed by atoms with Crippen LogP contribution in [0.25, 0.3) is 5.69 Å². The predicted octanol–water partition coefficient (Wildman–Crippen LogP) is 1.21. The summed E-state index contributed by atoms with van der Waals surface area (Å²) < 4.78 is 1.73. The van der Waals surface area contributed by atoms with E-state index in [0.29, 0.717) is 11.3 Å². The third kappa shape index (κ3) is 2.86. The number of amides is 1. The van der Waals surface area contributed by atoms with Crippen molar-refractivity contribution in [3.63, 3.8) is 0 Å². The molecule has 0 atom stereocenters. The predicted molar refractivity (Wildman–Crippen MR) is 76.4 cm³/mol. The fraction of sp³-hybridized carbons (Fsp3) is 0. The average molecular weight is 281 g/mol. The van der Waals surface area contributed by atoms with Crippen LogP contribution >= 0.6 is 0 Å². The Balaban J connectivity index is 1.84. The first-order valence-electron chi connectivity index (χ1n) is 6.17. The van der Waals surface area contributed by atoms with Gasteiger partial charge >= 0.3 is 0 Å². The molecule has 7 heteroatoms. The number of hydrogen-bond donors (Lipinski definition) is 2. The van der Waals surface area contributed by atoms with Gasteiger partial charge in [-0.2, -0.15) is 0 Å². The molecule has 2 N–H and O–H groups in total. The highest BCUT2D eigenvalue weighted by molar-refractivity contribution is 6.04. The van der Waals surface area contributed by atoms with Gasteiger partial charge in [-0.25, -0.2) is 0 Å². The Morgan fingerprint density at radius 3 is 2.71 bits per heavy atom. The molecule has 0 saturated heterocycles. The Morgan fingerprint density at radius 2 is 1.95 bits per heavy atom. The second-order valence-electron chi connectivity index (χ2n) is 4.32. The number of carbonyl (C=O) groups is 1. The second-order valence-corrected chi connectivity index (χ2v) is 4.32. The Morgan fingerprint density at radius 1 is 1.14 bits per heavy atom. The SMILES string of the molecule is O=C(Nc1cccc(-n2cnnc2)c1)c1cc[nH]c(=O)c1. The van der Waals surface area contributed by atoms with Crippen LogP contribution in [0.2, 0.25) is 0 Å². The van der Waals surface area contributed by atoms with Crippen LogP contribution in [0.5, 0.6) is 0 Å². The summed E-state index contributed by atoms with van der Waals surface area (Å²) in [6.07, 6.45) is 4.57. The van der Waals surface area contributed by atoms with Crippen molar-refractivity contribution >= 4 is 11.6 Å². The number of pyridine rings is 1. The minimum Gasteiger partial charge on any atom is -0.329 e. The van der Waals surface area contributed by atoms with Gasteiger partial charge in [0.1, 0.15) is 12.7 Å². The van der Waals surface area contributed by atoms with Crippen LogP contribution in [0.3, 0.4) is 0 Å². The van der Waals surface area contributed by atoms with Crippen LogP contribution in [0, 0.1) is 0 Å². The van der Waals surface area contributed by atoms with Crippen molar-refractivity contribution in [2.45, 2.75) is 0 Å². The highest BCUT2D eigenvalue weighted by Crippen LogP contribution is 2.14. The summed E-state index contributed by atoms with van der Waals surface area (Å²) in [4.78, 5) is 25.7. The van der Waals surface area contributed by atoms with E-state index in [1.165, 1.54) is 12.3 Å². The molecule has 0 radical (unpaired) electrons. The lowest BCUT2D eigenvalue weighted by Crippen LogP contribution is -2.15. The van der Waals surface area contributed by atoms with Crippen molar-refractivity contribution in [3.05, 3.63) is 71.2 Å². The van der Waals surface area contributed by atoms with Gasteiger partial charge < -0.3 is 10.3 Å². The standard InChI is InChI=1S/C14H11N5O2/c20-13-6-10(4-5-15-13)14(21)18-11-2-1-3-12(7-11)19-8-16-17-9-19/h1-9H,(H,15,20)(H,18,21). The molecule has 0 bridgehead atoms. The molecule has 2 heterocycles. The largest absolute Gasteiger partial charge is 0.329 e. The van der Waals surface area contributed by atoms with Gasteiger partial charge in [-0.05, 0) is 24.3 Å². The Bertz CT molecular complexity index is 823. The van der Waals surface area contributed by atoms with E-state index in [0.717, 1.165) is 5.69 Å². The molecule has 3 rings (SSSR count). The van der Waals surface area contributed by atoms with E-state index in [1.807, 2.05) is 12.1 Å². The zero-order chi connectivity index (χ0) is 14.7. The van der Waals surface area contributed by atoms with Crippen LogP contribution in [0.4, 0.5) is 5.69 Å². The van der Waals surface area contributed by atoms with E-state index >= 15 is 0 Å². The van der Waals surface area contributed by atoms with E-state index in [-0.39, 0.29) is 11.5 Å². The molecular weight excluding hydrogens is 270 g/mol. The quantitative estimate of drug-likeness (QED) is 0.754. The zero-order valence-corrected chi connectivity index (χ0v) is 10.9. The first-order chi connectivity index (χ1) is 10.2. The van der Waals surface area contributed by atoms with E-state index in [9.17, 15) is 9.59 Å². The van der Waals surface area contributed by atoms with Crippen molar-refractivity contribution in [2.24, 2.45) is 0 Å². The van der Waals surface area contributed by atoms with Gasteiger partial charge in [0.2, 0.25) is 5.56 Å². The molecular formula is C14H11N5O2. The minimum atomic E-state index is -0.345. The third-order valence-corrected chi connectivity index (χ3v) is 2.86. The highest BCUT2D eigenvalue weighted by Gasteiger charge is 2.07. The molecule has 0 spiro atoms. The lowest BCUT2D eigenvalue weighted by molar-refractivity contribution is 0.102. The number of nitrogens with zero attached hydrogens (tertiary/aromatic N) is 3. The lowest BCUT2D eigenvalue weighted by Gasteiger charge is -2.07. The summed E-state index contributed by atoms with van der Waals surface area (Å²) in [5.41, 5.74) is 1.42. The molecule has 104 valence electrons. The van der Waals surface area contributed by atoms with Crippen LogP contribution in [-0.2, 0) is 0 Å². The number of hydrogen-bond acceptors (Lipinski definition) is 4. The zero-order valence-electron chi connectivity index (χ0n) is 10.9. The number of nitrogens with one attached hydrogen (secondary N) is 2. The maximum Gasteiger partial charge on any atom is 0.255 e. The average Bonchev–Trinajstić information content (AvgIpc) is 3.02. The first-order valence-corrected chi connectivity index (χ1v) is 6.17. The minimum absolute atomic E-state index is 0.299. The van der Waals surface area contributed by atoms with Gasteiger partial charge in [0.25, 0.3) is 5.91 Å². The van der Waals surface area contributed by atoms with E-state index in [2.05, 4.69) is 20.5 Å². The molecule has 2 aromatic heterocycles. The van der Waals surface area contributed by atoms with Crippen LogP contribution in [0.1, 0.15) is 10.4 Å². The van der Waals surface area contributed by atoms with Gasteiger partial charge in [-0.3, -0.25) is 14.2 Å². The van der Waals surface area contributed by atoms with E-state index < -0.39 is 0 Å². The summed E-state index contributed by atoms with van der Waals surface area (Å²) in [7, 11) is 0. The van der Waals surface area contributed by atoms with E-state index in [4.69, 9.17) is 0 Å². The molecule has 1 amide bonds. The molecule has 0 unspecified atom stereocenters. The van der Waals surface area contributed by atoms with Crippen molar-refractivity contribution in [1.82, 2.24) is 19.7 Å². The van der Waals surface area contributed by atoms with Crippen molar-refractivity contribution in [2.75, 3.05) is 5.32 Å². The van der Waals surface area contributed by atoms with Gasteiger partial charge in [0.15, 0.2) is 0 Å². The van der Waals surface area contributed by atoms with E-state index in [1.54, 1.807) is 35.4 Å². The normalized spacial score (nSPS) is 10.3. The fourth-order valence-corrected chi connectivity index (χ4v) is 1.87. The summed E-state index contributed by atoms with van der Waals surface area (Å²) >= 11 is 0. The molecule has 7 nitrogen and oxygen atoms in total. The number of aromatic amines is 1. The monoisotopic (exact) mass is 281 g/mol. The summed E-state index contributed by atoms with van der Waals surface area (Å²) in [5.74, 6) is -0.345. The maximum absolute atomic E-state index is 12.1. The molecule has 1 aromatic carbocycles. The maximum atomic E-state index is 12.1. The van der Waals surface area contributed by atoms with Crippen LogP contribution in [-0.4, -0.2) is 25.7 Å². The topological polar surface area (TPSA) is 92.7 Å². The number of H-pyrrole nitrogens is 1. The smallest absolute Gasteiger partial charge is 0.255 e. The Hall–Kier alpha value is -3.22.